The van der Waals surface area contributed by atoms with Crippen LogP contribution in [0.2, 0.25) is 5.02 Å². The number of imide groups is 1. The van der Waals surface area contributed by atoms with Gasteiger partial charge in [0.1, 0.15) is 34.7 Å². The largest absolute Gasteiger partial charge is 0.493 e. The Hall–Kier alpha value is -6.78. The molecule has 2 aromatic heterocycles. The fourth-order valence-electron chi connectivity index (χ4n) is 11.6. The summed E-state index contributed by atoms with van der Waals surface area (Å²) in [5.74, 6) is -0.916. The number of halogens is 2. The van der Waals surface area contributed by atoms with E-state index in [9.17, 15) is 28.4 Å². The van der Waals surface area contributed by atoms with E-state index in [0.29, 0.717) is 85.4 Å². The van der Waals surface area contributed by atoms with Crippen molar-refractivity contribution in [3.63, 3.8) is 0 Å². The summed E-state index contributed by atoms with van der Waals surface area (Å²) in [5, 5.41) is 10.1. The van der Waals surface area contributed by atoms with Crippen molar-refractivity contribution in [2.45, 2.75) is 104 Å². The van der Waals surface area contributed by atoms with Gasteiger partial charge in [0, 0.05) is 96.9 Å². The Kier molecular flexibility index (Phi) is 13.8. The number of hydrogen-bond acceptors (Lipinski definition) is 10. The Morgan fingerprint density at radius 2 is 1.72 bits per heavy atom. The van der Waals surface area contributed by atoms with Crippen LogP contribution >= 0.6 is 11.6 Å². The number of likely N-dealkylation sites (tertiary alicyclic amines) is 2. The SMILES string of the molecule is CCC(C)(C)OC(=O)c1c(CCCOc2cccc3cc(F)ccc23)c2ccc(Cl)c(-c3c(C)nn(C)c3C)c2n1CCN1CC2(CCCN(C(=O)COc3cccc4c3CN(C3CCC(=O)NC3=O)C4=O)C2)C1. The van der Waals surface area contributed by atoms with Gasteiger partial charge in [0.25, 0.3) is 11.8 Å². The molecule has 4 aromatic carbocycles. The molecule has 0 aliphatic carbocycles. The summed E-state index contributed by atoms with van der Waals surface area (Å²) < 4.78 is 36.9. The van der Waals surface area contributed by atoms with Crippen LogP contribution in [0.5, 0.6) is 11.5 Å². The summed E-state index contributed by atoms with van der Waals surface area (Å²) in [6.45, 7) is 13.9. The van der Waals surface area contributed by atoms with E-state index in [0.717, 1.165) is 75.7 Å². The van der Waals surface area contributed by atoms with Crippen molar-refractivity contribution in [1.82, 2.24) is 34.4 Å². The Morgan fingerprint density at radius 3 is 2.47 bits per heavy atom. The van der Waals surface area contributed by atoms with Crippen LogP contribution in [-0.4, -0.2) is 116 Å². The average molecular weight is 1030 g/mol. The first-order valence-corrected chi connectivity index (χ1v) is 26.1. The van der Waals surface area contributed by atoms with Crippen LogP contribution in [0.3, 0.4) is 0 Å². The minimum Gasteiger partial charge on any atom is -0.493 e. The number of fused-ring (bicyclic) bond motifs is 3. The third-order valence-corrected chi connectivity index (χ3v) is 16.1. The first-order valence-electron chi connectivity index (χ1n) is 25.7. The van der Waals surface area contributed by atoms with Gasteiger partial charge in [-0.1, -0.05) is 42.8 Å². The van der Waals surface area contributed by atoms with Gasteiger partial charge < -0.3 is 33.5 Å². The van der Waals surface area contributed by atoms with Crippen molar-refractivity contribution >= 4 is 62.9 Å². The molecule has 15 nitrogen and oxygen atoms in total. The molecule has 1 unspecified atom stereocenters. The Morgan fingerprint density at radius 1 is 0.946 bits per heavy atom. The highest BCUT2D eigenvalue weighted by Crippen LogP contribution is 2.44. The molecule has 6 heterocycles. The molecule has 1 atom stereocenters. The van der Waals surface area contributed by atoms with Gasteiger partial charge in [-0.05, 0) is 120 Å². The van der Waals surface area contributed by atoms with E-state index in [2.05, 4.69) is 14.8 Å². The lowest BCUT2D eigenvalue weighted by molar-refractivity contribution is -0.141. The van der Waals surface area contributed by atoms with E-state index in [1.54, 1.807) is 24.3 Å². The summed E-state index contributed by atoms with van der Waals surface area (Å²) in [4.78, 5) is 72.4. The quantitative estimate of drug-likeness (QED) is 0.0565. The molecule has 10 rings (SSSR count). The molecule has 4 amide bonds. The second-order valence-electron chi connectivity index (χ2n) is 21.1. The molecule has 1 N–H and O–H groups in total. The fourth-order valence-corrected chi connectivity index (χ4v) is 11.9. The normalized spacial score (nSPS) is 17.8. The molecule has 0 bridgehead atoms. The number of amides is 4. The molecule has 6 aromatic rings. The maximum absolute atomic E-state index is 14.9. The number of ether oxygens (including phenoxy) is 3. The first-order chi connectivity index (χ1) is 35.4. The second-order valence-corrected chi connectivity index (χ2v) is 21.6. The van der Waals surface area contributed by atoms with Gasteiger partial charge in [-0.25, -0.2) is 9.18 Å². The molecule has 3 saturated heterocycles. The van der Waals surface area contributed by atoms with Gasteiger partial charge in [-0.2, -0.15) is 5.10 Å². The molecular weight excluding hydrogens is 965 g/mol. The summed E-state index contributed by atoms with van der Waals surface area (Å²) >= 11 is 7.25. The highest BCUT2D eigenvalue weighted by molar-refractivity contribution is 6.35. The molecule has 17 heteroatoms. The maximum atomic E-state index is 14.9. The molecule has 4 aliphatic rings. The number of nitrogens with one attached hydrogen (secondary N) is 1. The lowest BCUT2D eigenvalue weighted by Gasteiger charge is -2.54. The predicted molar refractivity (Wildman–Crippen MR) is 279 cm³/mol. The van der Waals surface area contributed by atoms with Crippen molar-refractivity contribution in [3.05, 3.63) is 111 Å². The van der Waals surface area contributed by atoms with Gasteiger partial charge in [-0.15, -0.1) is 0 Å². The van der Waals surface area contributed by atoms with Crippen LogP contribution in [0, 0.1) is 25.1 Å². The lowest BCUT2D eigenvalue weighted by atomic mass is 9.73. The highest BCUT2D eigenvalue weighted by atomic mass is 35.5. The summed E-state index contributed by atoms with van der Waals surface area (Å²) in [5.41, 5.74) is 5.85. The van der Waals surface area contributed by atoms with Crippen molar-refractivity contribution in [2.24, 2.45) is 12.5 Å². The zero-order valence-electron chi connectivity index (χ0n) is 42.9. The Bertz CT molecular complexity index is 3250. The number of carbonyl (C=O) groups is 5. The smallest absolute Gasteiger partial charge is 0.355 e. The zero-order chi connectivity index (χ0) is 52.2. The molecule has 4 aliphatic heterocycles. The standard InChI is InChI=1S/C57H63ClFN7O8/c1-7-56(4,5)74-55(71)52-39(14-10-27-72-45-15-8-12-36-28-37(59)17-18-38(36)45)40-19-20-43(58)50(49-34(2)61-62(6)35(49)3)51(40)65(52)26-25-63-31-57(32-63)23-11-24-64(33-57)48(68)30-73-46-16-9-13-41-42(46)29-66(54(41)70)44-21-22-47(67)60-53(44)69/h8-9,12-13,15-20,28,44H,7,10-11,14,21-27,29-33H2,1-6H3,(H,60,67,69). The van der Waals surface area contributed by atoms with E-state index >= 15 is 0 Å². The number of carbonyl (C=O) groups excluding carboxylic acids is 5. The van der Waals surface area contributed by atoms with Crippen LogP contribution in [0.1, 0.15) is 103 Å². The van der Waals surface area contributed by atoms with Crippen LogP contribution in [0.25, 0.3) is 32.8 Å². The average Bonchev–Trinajstić information content (AvgIpc) is 3.97. The Labute approximate surface area is 434 Å². The molecule has 0 radical (unpaired) electrons. The zero-order valence-corrected chi connectivity index (χ0v) is 43.7. The summed E-state index contributed by atoms with van der Waals surface area (Å²) in [6, 6.07) is 18.6. The van der Waals surface area contributed by atoms with E-state index in [4.69, 9.17) is 30.9 Å². The van der Waals surface area contributed by atoms with Gasteiger partial charge in [0.2, 0.25) is 11.8 Å². The minimum atomic E-state index is -0.754. The molecule has 1 spiro atoms. The first kappa shape index (κ1) is 50.7. The number of hydrogen-bond donors (Lipinski definition) is 1. The van der Waals surface area contributed by atoms with Gasteiger partial charge in [0.15, 0.2) is 6.61 Å². The molecule has 74 heavy (non-hydrogen) atoms. The molecule has 388 valence electrons. The highest BCUT2D eigenvalue weighted by Gasteiger charge is 2.47. The number of esters is 1. The van der Waals surface area contributed by atoms with Crippen molar-refractivity contribution in [1.29, 1.82) is 0 Å². The second kappa shape index (κ2) is 20.2. The number of benzene rings is 4. The lowest BCUT2D eigenvalue weighted by Crippen LogP contribution is -2.64. The maximum Gasteiger partial charge on any atom is 0.355 e. The van der Waals surface area contributed by atoms with Crippen molar-refractivity contribution in [3.8, 4) is 22.6 Å². The Balaban J connectivity index is 0.876. The van der Waals surface area contributed by atoms with E-state index < -0.39 is 23.5 Å². The van der Waals surface area contributed by atoms with Crippen LogP contribution in [-0.2, 0) is 45.7 Å². The third-order valence-electron chi connectivity index (χ3n) is 15.7. The molecule has 3 fully saturated rings. The van der Waals surface area contributed by atoms with Gasteiger partial charge >= 0.3 is 5.97 Å². The minimum absolute atomic E-state index is 0.107. The molecular formula is C57H63ClFN7O8. The third kappa shape index (κ3) is 9.62. The topological polar surface area (TPSA) is 158 Å². The van der Waals surface area contributed by atoms with Crippen LogP contribution in [0.15, 0.2) is 66.7 Å². The van der Waals surface area contributed by atoms with Gasteiger partial charge in [-0.3, -0.25) is 29.2 Å². The van der Waals surface area contributed by atoms with Crippen LogP contribution < -0.4 is 14.8 Å². The predicted octanol–water partition coefficient (Wildman–Crippen LogP) is 8.73. The summed E-state index contributed by atoms with van der Waals surface area (Å²) in [7, 11) is 1.91. The number of nitrogens with zero attached hydrogens (tertiary/aromatic N) is 6. The van der Waals surface area contributed by atoms with Crippen LogP contribution in [0.4, 0.5) is 4.39 Å². The van der Waals surface area contributed by atoms with Crippen molar-refractivity contribution in [2.75, 3.05) is 45.9 Å². The number of aromatic nitrogens is 3. The van der Waals surface area contributed by atoms with E-state index in [1.165, 1.54) is 17.0 Å². The fraction of sp³-hybridized carbons (Fsp3) is 0.439. The van der Waals surface area contributed by atoms with E-state index in [1.807, 2.05) is 81.6 Å². The van der Waals surface area contributed by atoms with E-state index in [-0.39, 0.29) is 54.9 Å². The van der Waals surface area contributed by atoms with Crippen molar-refractivity contribution < 1.29 is 42.6 Å². The molecule has 0 saturated carbocycles. The number of piperidine rings is 2. The number of aryl methyl sites for hydroxylation is 3. The summed E-state index contributed by atoms with van der Waals surface area (Å²) in [6.07, 6.45) is 3.91. The number of rotatable bonds is 16. The monoisotopic (exact) mass is 1030 g/mol. The van der Waals surface area contributed by atoms with Gasteiger partial charge in [0.05, 0.1) is 29.4 Å².